The lowest BCUT2D eigenvalue weighted by atomic mass is 10.1. The van der Waals surface area contributed by atoms with E-state index < -0.39 is 0 Å². The first kappa shape index (κ1) is 16.5. The molecule has 1 saturated heterocycles. The van der Waals surface area contributed by atoms with Gasteiger partial charge >= 0.3 is 0 Å². The first-order valence-electron chi connectivity index (χ1n) is 8.32. The van der Waals surface area contributed by atoms with Crippen molar-refractivity contribution in [2.45, 2.75) is 25.4 Å². The molecule has 0 unspecified atom stereocenters. The minimum atomic E-state index is 0.0718. The summed E-state index contributed by atoms with van der Waals surface area (Å²) >= 11 is 0. The summed E-state index contributed by atoms with van der Waals surface area (Å²) in [5, 5.41) is 3.35. The SMILES string of the molecule is CN(C(=O)c1ccc(NCc2ccncc2)cc1)C1CCOCC1. The van der Waals surface area contributed by atoms with Gasteiger partial charge in [-0.15, -0.1) is 0 Å². The van der Waals surface area contributed by atoms with Crippen LogP contribution in [0.1, 0.15) is 28.8 Å². The van der Waals surface area contributed by atoms with Gasteiger partial charge in [0.25, 0.3) is 5.91 Å². The van der Waals surface area contributed by atoms with Crippen molar-refractivity contribution in [1.29, 1.82) is 0 Å². The number of carbonyl (C=O) groups excluding carboxylic acids is 1. The highest BCUT2D eigenvalue weighted by atomic mass is 16.5. The number of nitrogens with one attached hydrogen (secondary N) is 1. The van der Waals surface area contributed by atoms with E-state index in [0.29, 0.717) is 0 Å². The van der Waals surface area contributed by atoms with Crippen molar-refractivity contribution in [2.75, 3.05) is 25.6 Å². The Balaban J connectivity index is 1.58. The molecule has 0 aliphatic carbocycles. The number of pyridine rings is 1. The van der Waals surface area contributed by atoms with Crippen molar-refractivity contribution in [1.82, 2.24) is 9.88 Å². The van der Waals surface area contributed by atoms with Crippen molar-refractivity contribution in [2.24, 2.45) is 0 Å². The van der Waals surface area contributed by atoms with Gasteiger partial charge in [-0.05, 0) is 54.8 Å². The summed E-state index contributed by atoms with van der Waals surface area (Å²) in [6, 6.07) is 11.9. The third-order valence-corrected chi connectivity index (χ3v) is 4.44. The predicted molar refractivity (Wildman–Crippen MR) is 93.9 cm³/mol. The maximum atomic E-state index is 12.6. The fraction of sp³-hybridized carbons (Fsp3) is 0.368. The summed E-state index contributed by atoms with van der Waals surface area (Å²) in [6.45, 7) is 2.21. The van der Waals surface area contributed by atoms with E-state index in [-0.39, 0.29) is 11.9 Å². The third kappa shape index (κ3) is 4.11. The maximum absolute atomic E-state index is 12.6. The van der Waals surface area contributed by atoms with Crippen molar-refractivity contribution in [3.05, 3.63) is 59.9 Å². The molecule has 0 atom stereocenters. The van der Waals surface area contributed by atoms with Crippen LogP contribution in [0.5, 0.6) is 0 Å². The van der Waals surface area contributed by atoms with Gasteiger partial charge in [-0.25, -0.2) is 0 Å². The van der Waals surface area contributed by atoms with Gasteiger partial charge in [0.15, 0.2) is 0 Å². The monoisotopic (exact) mass is 325 g/mol. The molecule has 0 bridgehead atoms. The van der Waals surface area contributed by atoms with Gasteiger partial charge in [0.05, 0.1) is 0 Å². The van der Waals surface area contributed by atoms with Crippen LogP contribution >= 0.6 is 0 Å². The lowest BCUT2D eigenvalue weighted by molar-refractivity contribution is 0.0362. The summed E-state index contributed by atoms with van der Waals surface area (Å²) in [5.74, 6) is 0.0718. The molecule has 5 heteroatoms. The number of amides is 1. The average molecular weight is 325 g/mol. The number of nitrogens with zero attached hydrogens (tertiary/aromatic N) is 2. The molecule has 1 amide bonds. The van der Waals surface area contributed by atoms with Crippen LogP contribution in [-0.4, -0.2) is 42.1 Å². The maximum Gasteiger partial charge on any atom is 0.253 e. The Morgan fingerprint density at radius 2 is 1.83 bits per heavy atom. The van der Waals surface area contributed by atoms with Gasteiger partial charge in [-0.2, -0.15) is 0 Å². The van der Waals surface area contributed by atoms with E-state index in [1.54, 1.807) is 12.4 Å². The van der Waals surface area contributed by atoms with Crippen molar-refractivity contribution < 1.29 is 9.53 Å². The molecular weight excluding hydrogens is 302 g/mol. The van der Waals surface area contributed by atoms with Crippen molar-refractivity contribution >= 4 is 11.6 Å². The predicted octanol–water partition coefficient (Wildman–Crippen LogP) is 2.94. The summed E-state index contributed by atoms with van der Waals surface area (Å²) in [6.07, 6.45) is 5.39. The standard InChI is InChI=1S/C19H23N3O2/c1-22(18-8-12-24-13-9-18)19(23)16-2-4-17(5-3-16)21-14-15-6-10-20-11-7-15/h2-7,10-11,18,21H,8-9,12-14H2,1H3. The Morgan fingerprint density at radius 3 is 2.50 bits per heavy atom. The number of hydrogen-bond acceptors (Lipinski definition) is 4. The number of ether oxygens (including phenoxy) is 1. The van der Waals surface area contributed by atoms with E-state index >= 15 is 0 Å². The van der Waals surface area contributed by atoms with Crippen molar-refractivity contribution in [3.63, 3.8) is 0 Å². The van der Waals surface area contributed by atoms with Gasteiger partial charge in [0.1, 0.15) is 0 Å². The fourth-order valence-electron chi connectivity index (χ4n) is 2.88. The topological polar surface area (TPSA) is 54.5 Å². The van der Waals surface area contributed by atoms with Crippen LogP contribution in [0.25, 0.3) is 0 Å². The van der Waals surface area contributed by atoms with Crippen molar-refractivity contribution in [3.8, 4) is 0 Å². The number of aromatic nitrogens is 1. The summed E-state index contributed by atoms with van der Waals surface area (Å²) in [7, 11) is 1.88. The lowest BCUT2D eigenvalue weighted by Gasteiger charge is -2.31. The van der Waals surface area contributed by atoms with E-state index in [9.17, 15) is 4.79 Å². The van der Waals surface area contributed by atoms with Crippen LogP contribution in [-0.2, 0) is 11.3 Å². The van der Waals surface area contributed by atoms with Gasteiger partial charge in [-0.3, -0.25) is 9.78 Å². The second kappa shape index (κ2) is 7.93. The smallest absolute Gasteiger partial charge is 0.253 e. The van der Waals surface area contributed by atoms with Crippen LogP contribution in [0.3, 0.4) is 0 Å². The summed E-state index contributed by atoms with van der Waals surface area (Å²) < 4.78 is 5.36. The molecule has 1 N–H and O–H groups in total. The highest BCUT2D eigenvalue weighted by Crippen LogP contribution is 2.17. The average Bonchev–Trinajstić information content (AvgIpc) is 2.67. The molecule has 5 nitrogen and oxygen atoms in total. The number of benzene rings is 1. The van der Waals surface area contributed by atoms with E-state index in [0.717, 1.165) is 43.9 Å². The zero-order valence-electron chi connectivity index (χ0n) is 13.9. The van der Waals surface area contributed by atoms with E-state index in [1.165, 1.54) is 5.56 Å². The van der Waals surface area contributed by atoms with Gasteiger partial charge in [0.2, 0.25) is 0 Å². The minimum Gasteiger partial charge on any atom is -0.381 e. The Hall–Kier alpha value is -2.40. The third-order valence-electron chi connectivity index (χ3n) is 4.44. The van der Waals surface area contributed by atoms with E-state index in [4.69, 9.17) is 4.74 Å². The van der Waals surface area contributed by atoms with Crippen LogP contribution in [0, 0.1) is 0 Å². The van der Waals surface area contributed by atoms with Crippen LogP contribution in [0.2, 0.25) is 0 Å². The molecule has 2 aromatic rings. The summed E-state index contributed by atoms with van der Waals surface area (Å²) in [4.78, 5) is 18.5. The highest BCUT2D eigenvalue weighted by molar-refractivity contribution is 5.94. The number of anilines is 1. The second-order valence-electron chi connectivity index (χ2n) is 6.05. The molecule has 0 spiro atoms. The quantitative estimate of drug-likeness (QED) is 0.918. The van der Waals surface area contributed by atoms with E-state index in [1.807, 2.05) is 48.3 Å². The minimum absolute atomic E-state index is 0.0718. The Morgan fingerprint density at radius 1 is 1.17 bits per heavy atom. The molecular formula is C19H23N3O2. The molecule has 1 aliphatic rings. The van der Waals surface area contributed by atoms with Gasteiger partial charge in [0, 0.05) is 56.5 Å². The van der Waals surface area contributed by atoms with Crippen LogP contribution < -0.4 is 5.32 Å². The van der Waals surface area contributed by atoms with Gasteiger partial charge < -0.3 is 15.0 Å². The van der Waals surface area contributed by atoms with Gasteiger partial charge in [-0.1, -0.05) is 0 Å². The molecule has 1 aromatic carbocycles. The molecule has 1 aliphatic heterocycles. The summed E-state index contributed by atoms with van der Waals surface area (Å²) in [5.41, 5.74) is 2.89. The number of hydrogen-bond donors (Lipinski definition) is 1. The molecule has 1 fully saturated rings. The normalized spacial score (nSPS) is 15.0. The molecule has 1 aromatic heterocycles. The highest BCUT2D eigenvalue weighted by Gasteiger charge is 2.23. The van der Waals surface area contributed by atoms with Crippen LogP contribution in [0.15, 0.2) is 48.8 Å². The lowest BCUT2D eigenvalue weighted by Crippen LogP contribution is -2.40. The molecule has 0 saturated carbocycles. The zero-order chi connectivity index (χ0) is 16.8. The number of rotatable bonds is 5. The Bertz CT molecular complexity index is 652. The second-order valence-corrected chi connectivity index (χ2v) is 6.05. The molecule has 24 heavy (non-hydrogen) atoms. The van der Waals surface area contributed by atoms with Crippen LogP contribution in [0.4, 0.5) is 5.69 Å². The largest absolute Gasteiger partial charge is 0.381 e. The molecule has 126 valence electrons. The van der Waals surface area contributed by atoms with E-state index in [2.05, 4.69) is 10.3 Å². The Kier molecular flexibility index (Phi) is 5.43. The fourth-order valence-corrected chi connectivity index (χ4v) is 2.88. The number of carbonyl (C=O) groups is 1. The first-order valence-corrected chi connectivity index (χ1v) is 8.32. The molecule has 3 rings (SSSR count). The zero-order valence-corrected chi connectivity index (χ0v) is 13.9. The molecule has 2 heterocycles. The molecule has 0 radical (unpaired) electrons. The first-order chi connectivity index (χ1) is 11.7. The Labute approximate surface area is 142 Å².